The maximum atomic E-state index is 2.28. The van der Waals surface area contributed by atoms with Crippen LogP contribution in [-0.4, -0.2) is 0 Å². The quantitative estimate of drug-likeness (QED) is 0.496. The average molecular weight is 124 g/mol. The molecule has 1 aliphatic rings. The SMILES string of the molecule is CC(C)C1=C(C(C)C)C1. The summed E-state index contributed by atoms with van der Waals surface area (Å²) in [5.74, 6) is 1.62. The third kappa shape index (κ3) is 1.35. The third-order valence-electron chi connectivity index (χ3n) is 2.06. The first-order chi connectivity index (χ1) is 4.13. The van der Waals surface area contributed by atoms with E-state index in [2.05, 4.69) is 27.7 Å². The first-order valence-corrected chi connectivity index (χ1v) is 3.84. The lowest BCUT2D eigenvalue weighted by Gasteiger charge is -1.94. The van der Waals surface area contributed by atoms with E-state index < -0.39 is 0 Å². The fraction of sp³-hybridized carbons (Fsp3) is 0.778. The third-order valence-corrected chi connectivity index (χ3v) is 2.06. The number of allylic oxidation sites excluding steroid dienone is 2. The minimum atomic E-state index is 0.808. The molecular formula is C9H16. The molecule has 0 unspecified atom stereocenters. The Bertz CT molecular complexity index is 122. The van der Waals surface area contributed by atoms with Crippen LogP contribution in [0.2, 0.25) is 0 Å². The Kier molecular flexibility index (Phi) is 1.65. The van der Waals surface area contributed by atoms with Crippen LogP contribution in [0.25, 0.3) is 0 Å². The smallest absolute Gasteiger partial charge is 0.00975 e. The lowest BCUT2D eigenvalue weighted by Crippen LogP contribution is -1.81. The second kappa shape index (κ2) is 2.17. The minimum absolute atomic E-state index is 0.808. The van der Waals surface area contributed by atoms with Gasteiger partial charge in [0, 0.05) is 0 Å². The molecule has 0 atom stereocenters. The van der Waals surface area contributed by atoms with E-state index in [9.17, 15) is 0 Å². The Labute approximate surface area is 58.0 Å². The van der Waals surface area contributed by atoms with Gasteiger partial charge in [-0.05, 0) is 18.3 Å². The summed E-state index contributed by atoms with van der Waals surface area (Å²) in [6.45, 7) is 9.13. The van der Waals surface area contributed by atoms with Gasteiger partial charge in [0.2, 0.25) is 0 Å². The molecule has 9 heavy (non-hydrogen) atoms. The van der Waals surface area contributed by atoms with Crippen molar-refractivity contribution >= 4 is 0 Å². The van der Waals surface area contributed by atoms with Crippen LogP contribution in [0.1, 0.15) is 34.1 Å². The average Bonchev–Trinajstić information content (AvgIpc) is 2.39. The summed E-state index contributed by atoms with van der Waals surface area (Å²) >= 11 is 0. The van der Waals surface area contributed by atoms with Gasteiger partial charge in [-0.1, -0.05) is 38.8 Å². The molecule has 0 fully saturated rings. The number of rotatable bonds is 2. The largest absolute Gasteiger partial charge is 0.0638 e. The van der Waals surface area contributed by atoms with Crippen LogP contribution in [-0.2, 0) is 0 Å². The van der Waals surface area contributed by atoms with Crippen LogP contribution in [0.4, 0.5) is 0 Å². The summed E-state index contributed by atoms with van der Waals surface area (Å²) < 4.78 is 0. The Balaban J connectivity index is 2.50. The van der Waals surface area contributed by atoms with Crippen molar-refractivity contribution in [2.24, 2.45) is 11.8 Å². The molecule has 0 aromatic heterocycles. The summed E-state index contributed by atoms with van der Waals surface area (Å²) in [4.78, 5) is 0. The van der Waals surface area contributed by atoms with Crippen LogP contribution in [0.15, 0.2) is 11.1 Å². The molecule has 1 rings (SSSR count). The highest BCUT2D eigenvalue weighted by atomic mass is 14.3. The van der Waals surface area contributed by atoms with Crippen LogP contribution < -0.4 is 0 Å². The fourth-order valence-corrected chi connectivity index (χ4v) is 1.31. The van der Waals surface area contributed by atoms with E-state index in [4.69, 9.17) is 0 Å². The van der Waals surface area contributed by atoms with Crippen molar-refractivity contribution in [2.75, 3.05) is 0 Å². The lowest BCUT2D eigenvalue weighted by atomic mass is 10.1. The molecule has 52 valence electrons. The molecule has 0 nitrogen and oxygen atoms in total. The van der Waals surface area contributed by atoms with E-state index >= 15 is 0 Å². The lowest BCUT2D eigenvalue weighted by molar-refractivity contribution is 0.780. The fourth-order valence-electron chi connectivity index (χ4n) is 1.31. The molecule has 0 amide bonds. The van der Waals surface area contributed by atoms with Crippen molar-refractivity contribution in [1.29, 1.82) is 0 Å². The number of hydrogen-bond acceptors (Lipinski definition) is 0. The van der Waals surface area contributed by atoms with Crippen LogP contribution >= 0.6 is 0 Å². The van der Waals surface area contributed by atoms with Crippen LogP contribution in [0, 0.1) is 11.8 Å². The summed E-state index contributed by atoms with van der Waals surface area (Å²) in [6, 6.07) is 0. The van der Waals surface area contributed by atoms with Gasteiger partial charge in [0.05, 0.1) is 0 Å². The van der Waals surface area contributed by atoms with E-state index in [1.54, 1.807) is 11.1 Å². The predicted molar refractivity (Wildman–Crippen MR) is 41.3 cm³/mol. The van der Waals surface area contributed by atoms with E-state index in [1.807, 2.05) is 0 Å². The molecule has 0 heteroatoms. The van der Waals surface area contributed by atoms with Gasteiger partial charge in [0.15, 0.2) is 0 Å². The van der Waals surface area contributed by atoms with Gasteiger partial charge in [-0.25, -0.2) is 0 Å². The molecule has 0 spiro atoms. The van der Waals surface area contributed by atoms with Crippen molar-refractivity contribution in [3.63, 3.8) is 0 Å². The maximum Gasteiger partial charge on any atom is -0.00975 e. The second-order valence-electron chi connectivity index (χ2n) is 3.54. The molecule has 1 aliphatic carbocycles. The van der Waals surface area contributed by atoms with Crippen molar-refractivity contribution in [2.45, 2.75) is 34.1 Å². The Morgan fingerprint density at radius 2 is 1.22 bits per heavy atom. The van der Waals surface area contributed by atoms with Crippen molar-refractivity contribution < 1.29 is 0 Å². The summed E-state index contributed by atoms with van der Waals surface area (Å²) in [5.41, 5.74) is 3.43. The second-order valence-corrected chi connectivity index (χ2v) is 3.54. The summed E-state index contributed by atoms with van der Waals surface area (Å²) in [7, 11) is 0. The van der Waals surface area contributed by atoms with Crippen LogP contribution in [0.3, 0.4) is 0 Å². The predicted octanol–water partition coefficient (Wildman–Crippen LogP) is 3.00. The molecule has 0 aromatic rings. The van der Waals surface area contributed by atoms with Gasteiger partial charge in [-0.2, -0.15) is 0 Å². The van der Waals surface area contributed by atoms with Gasteiger partial charge in [0.25, 0.3) is 0 Å². The molecular weight excluding hydrogens is 108 g/mol. The van der Waals surface area contributed by atoms with E-state index in [0.29, 0.717) is 0 Å². The topological polar surface area (TPSA) is 0 Å². The molecule has 0 saturated heterocycles. The Hall–Kier alpha value is -0.260. The molecule has 0 heterocycles. The minimum Gasteiger partial charge on any atom is -0.0638 e. The first-order valence-electron chi connectivity index (χ1n) is 3.84. The number of hydrogen-bond donors (Lipinski definition) is 0. The molecule has 0 N–H and O–H groups in total. The van der Waals surface area contributed by atoms with Crippen molar-refractivity contribution in [3.8, 4) is 0 Å². The van der Waals surface area contributed by atoms with Crippen molar-refractivity contribution in [1.82, 2.24) is 0 Å². The zero-order valence-corrected chi connectivity index (χ0v) is 6.86. The van der Waals surface area contributed by atoms with Crippen LogP contribution in [0.5, 0.6) is 0 Å². The van der Waals surface area contributed by atoms with E-state index in [0.717, 1.165) is 11.8 Å². The van der Waals surface area contributed by atoms with Gasteiger partial charge < -0.3 is 0 Å². The monoisotopic (exact) mass is 124 g/mol. The molecule has 0 aliphatic heterocycles. The Morgan fingerprint density at radius 3 is 1.33 bits per heavy atom. The highest BCUT2D eigenvalue weighted by molar-refractivity contribution is 5.37. The Morgan fingerprint density at radius 1 is 0.889 bits per heavy atom. The maximum absolute atomic E-state index is 2.28. The first kappa shape index (κ1) is 6.85. The van der Waals surface area contributed by atoms with Gasteiger partial charge in [0.1, 0.15) is 0 Å². The highest BCUT2D eigenvalue weighted by Crippen LogP contribution is 2.41. The normalized spacial score (nSPS) is 18.0. The van der Waals surface area contributed by atoms with Gasteiger partial charge >= 0.3 is 0 Å². The zero-order valence-electron chi connectivity index (χ0n) is 6.86. The standard InChI is InChI=1S/C9H16/c1-6(2)8-5-9(8)7(3)4/h6-7H,5H2,1-4H3. The molecule has 0 saturated carbocycles. The molecule has 0 radical (unpaired) electrons. The summed E-state index contributed by atoms with van der Waals surface area (Å²) in [5, 5.41) is 0. The molecule has 0 bridgehead atoms. The van der Waals surface area contributed by atoms with E-state index in [1.165, 1.54) is 6.42 Å². The zero-order chi connectivity index (χ0) is 7.02. The van der Waals surface area contributed by atoms with Gasteiger partial charge in [-0.3, -0.25) is 0 Å². The van der Waals surface area contributed by atoms with Gasteiger partial charge in [-0.15, -0.1) is 0 Å². The van der Waals surface area contributed by atoms with E-state index in [-0.39, 0.29) is 0 Å². The summed E-state index contributed by atoms with van der Waals surface area (Å²) in [6.07, 6.45) is 1.33. The van der Waals surface area contributed by atoms with Crippen molar-refractivity contribution in [3.05, 3.63) is 11.1 Å². The highest BCUT2D eigenvalue weighted by Gasteiger charge is 2.25. The molecule has 0 aromatic carbocycles.